The number of carbonyl (C=O) groups excluding carboxylic acids is 1. The molecule has 1 heterocycles. The second-order valence-corrected chi connectivity index (χ2v) is 4.35. The Balaban J connectivity index is 2.72. The topological polar surface area (TPSA) is 76.2 Å². The zero-order valence-electron chi connectivity index (χ0n) is 7.57. The van der Waals surface area contributed by atoms with Gasteiger partial charge in [0.15, 0.2) is 5.17 Å². The Morgan fingerprint density at radius 1 is 1.79 bits per heavy atom. The Morgan fingerprint density at radius 2 is 2.50 bits per heavy atom. The Kier molecular flexibility index (Phi) is 3.97. The number of esters is 1. The van der Waals surface area contributed by atoms with Crippen LogP contribution in [0.5, 0.6) is 0 Å². The first kappa shape index (κ1) is 11.1. The molecule has 0 spiro atoms. The van der Waals surface area contributed by atoms with Gasteiger partial charge in [0.1, 0.15) is 4.88 Å². The molecule has 0 atom stereocenters. The maximum atomic E-state index is 11.2. The van der Waals surface area contributed by atoms with Crippen molar-refractivity contribution in [2.24, 2.45) is 5.73 Å². The summed E-state index contributed by atoms with van der Waals surface area (Å²) < 4.78 is 4.62. The van der Waals surface area contributed by atoms with E-state index in [1.165, 1.54) is 30.2 Å². The molecule has 0 fully saturated rings. The van der Waals surface area contributed by atoms with Crippen LogP contribution in [0.4, 0.5) is 0 Å². The average Bonchev–Trinajstić information content (AvgIpc) is 2.61. The number of hydrogen-bond acceptors (Lipinski definition) is 5. The van der Waals surface area contributed by atoms with Gasteiger partial charge in [0.25, 0.3) is 0 Å². The summed E-state index contributed by atoms with van der Waals surface area (Å²) in [6.45, 7) is 0. The van der Waals surface area contributed by atoms with E-state index < -0.39 is 0 Å². The van der Waals surface area contributed by atoms with Crippen molar-refractivity contribution in [3.63, 3.8) is 0 Å². The Labute approximate surface area is 90.0 Å². The first-order valence-electron chi connectivity index (χ1n) is 3.76. The van der Waals surface area contributed by atoms with E-state index in [1.54, 1.807) is 0 Å². The second kappa shape index (κ2) is 5.02. The molecule has 14 heavy (non-hydrogen) atoms. The van der Waals surface area contributed by atoms with Crippen LogP contribution in [0.15, 0.2) is 11.4 Å². The van der Waals surface area contributed by atoms with Gasteiger partial charge in [-0.25, -0.2) is 4.79 Å². The normalized spacial score (nSPS) is 9.79. The third kappa shape index (κ3) is 2.74. The van der Waals surface area contributed by atoms with Crippen LogP contribution < -0.4 is 5.73 Å². The molecular formula is C8H10N2O2S2. The molecule has 0 aromatic carbocycles. The standard InChI is InChI=1S/C8H10N2O2S2/c1-12-7(11)6-5(2-3-13-6)4-14-8(9)10/h2-3H,4H2,1H3,(H3,9,10). The molecule has 6 heteroatoms. The zero-order chi connectivity index (χ0) is 10.6. The molecule has 0 amide bonds. The number of ether oxygens (including phenoxy) is 1. The van der Waals surface area contributed by atoms with E-state index >= 15 is 0 Å². The predicted octanol–water partition coefficient (Wildman–Crippen LogP) is 1.66. The van der Waals surface area contributed by atoms with Crippen LogP contribution >= 0.6 is 23.1 Å². The second-order valence-electron chi connectivity index (χ2n) is 2.42. The number of nitrogens with two attached hydrogens (primary N) is 1. The molecule has 1 aromatic heterocycles. The lowest BCUT2D eigenvalue weighted by molar-refractivity contribution is 0.0605. The van der Waals surface area contributed by atoms with Crippen molar-refractivity contribution in [1.29, 1.82) is 5.41 Å². The molecule has 76 valence electrons. The summed E-state index contributed by atoms with van der Waals surface area (Å²) in [5.41, 5.74) is 6.06. The van der Waals surface area contributed by atoms with E-state index in [0.717, 1.165) is 5.56 Å². The van der Waals surface area contributed by atoms with Gasteiger partial charge < -0.3 is 10.5 Å². The lowest BCUT2D eigenvalue weighted by Crippen LogP contribution is -2.05. The first-order chi connectivity index (χ1) is 6.65. The number of thioether (sulfide) groups is 1. The highest BCUT2D eigenvalue weighted by Gasteiger charge is 2.13. The van der Waals surface area contributed by atoms with Crippen LogP contribution in [0.25, 0.3) is 0 Å². The summed E-state index contributed by atoms with van der Waals surface area (Å²) in [5.74, 6) is 0.197. The molecule has 4 nitrogen and oxygen atoms in total. The third-order valence-corrected chi connectivity index (χ3v) is 3.20. The van der Waals surface area contributed by atoms with E-state index in [9.17, 15) is 4.79 Å². The van der Waals surface area contributed by atoms with E-state index in [2.05, 4.69) is 4.74 Å². The summed E-state index contributed by atoms with van der Waals surface area (Å²) in [7, 11) is 1.35. The number of amidine groups is 1. The molecular weight excluding hydrogens is 220 g/mol. The van der Waals surface area contributed by atoms with Crippen molar-refractivity contribution in [1.82, 2.24) is 0 Å². The van der Waals surface area contributed by atoms with E-state index in [0.29, 0.717) is 10.6 Å². The number of hydrogen-bond donors (Lipinski definition) is 2. The van der Waals surface area contributed by atoms with Gasteiger partial charge in [-0.2, -0.15) is 0 Å². The number of thiophene rings is 1. The average molecular weight is 230 g/mol. The molecule has 1 aromatic rings. The molecule has 3 N–H and O–H groups in total. The minimum atomic E-state index is -0.334. The van der Waals surface area contributed by atoms with Gasteiger partial charge in [-0.3, -0.25) is 5.41 Å². The highest BCUT2D eigenvalue weighted by Crippen LogP contribution is 2.22. The lowest BCUT2D eigenvalue weighted by atomic mass is 10.3. The summed E-state index contributed by atoms with van der Waals surface area (Å²) in [6, 6.07) is 1.84. The van der Waals surface area contributed by atoms with Crippen molar-refractivity contribution < 1.29 is 9.53 Å². The summed E-state index contributed by atoms with van der Waals surface area (Å²) in [4.78, 5) is 11.8. The van der Waals surface area contributed by atoms with Gasteiger partial charge in [0.2, 0.25) is 0 Å². The monoisotopic (exact) mass is 230 g/mol. The molecule has 0 aliphatic carbocycles. The van der Waals surface area contributed by atoms with Gasteiger partial charge >= 0.3 is 5.97 Å². The fraction of sp³-hybridized carbons (Fsp3) is 0.250. The summed E-state index contributed by atoms with van der Waals surface area (Å²) in [5, 5.41) is 8.92. The van der Waals surface area contributed by atoms with Gasteiger partial charge in [0, 0.05) is 5.75 Å². The van der Waals surface area contributed by atoms with Crippen molar-refractivity contribution >= 4 is 34.2 Å². The maximum absolute atomic E-state index is 11.2. The number of carbonyl (C=O) groups is 1. The molecule has 0 aliphatic heterocycles. The van der Waals surface area contributed by atoms with Crippen LogP contribution in [-0.4, -0.2) is 18.2 Å². The van der Waals surface area contributed by atoms with Crippen LogP contribution in [0.1, 0.15) is 15.2 Å². The molecule has 0 radical (unpaired) electrons. The van der Waals surface area contributed by atoms with Crippen molar-refractivity contribution in [3.05, 3.63) is 21.9 Å². The van der Waals surface area contributed by atoms with Crippen LogP contribution in [0.2, 0.25) is 0 Å². The molecule has 0 bridgehead atoms. The fourth-order valence-electron chi connectivity index (χ4n) is 0.877. The molecule has 0 saturated heterocycles. The summed E-state index contributed by atoms with van der Waals surface area (Å²) >= 11 is 2.53. The predicted molar refractivity (Wildman–Crippen MR) is 58.9 cm³/mol. The SMILES string of the molecule is COC(=O)c1sccc1CSC(=N)N. The van der Waals surface area contributed by atoms with Crippen LogP contribution in [0, 0.1) is 5.41 Å². The number of rotatable bonds is 3. The number of nitrogens with one attached hydrogen (secondary N) is 1. The van der Waals surface area contributed by atoms with Crippen molar-refractivity contribution in [2.75, 3.05) is 7.11 Å². The highest BCUT2D eigenvalue weighted by atomic mass is 32.2. The lowest BCUT2D eigenvalue weighted by Gasteiger charge is -2.00. The highest BCUT2D eigenvalue weighted by molar-refractivity contribution is 8.13. The molecule has 0 saturated carbocycles. The Hall–Kier alpha value is -1.01. The molecule has 0 aliphatic rings. The molecule has 0 unspecified atom stereocenters. The van der Waals surface area contributed by atoms with Crippen LogP contribution in [-0.2, 0) is 10.5 Å². The summed E-state index contributed by atoms with van der Waals surface area (Å²) in [6.07, 6.45) is 0. The van der Waals surface area contributed by atoms with Gasteiger partial charge in [0.05, 0.1) is 7.11 Å². The fourth-order valence-corrected chi connectivity index (χ4v) is 2.36. The van der Waals surface area contributed by atoms with Crippen molar-refractivity contribution in [2.45, 2.75) is 5.75 Å². The smallest absolute Gasteiger partial charge is 0.348 e. The van der Waals surface area contributed by atoms with E-state index in [-0.39, 0.29) is 11.1 Å². The van der Waals surface area contributed by atoms with E-state index in [1.807, 2.05) is 11.4 Å². The quantitative estimate of drug-likeness (QED) is 0.470. The third-order valence-electron chi connectivity index (χ3n) is 1.50. The minimum absolute atomic E-state index is 0.0482. The van der Waals surface area contributed by atoms with Gasteiger partial charge in [-0.15, -0.1) is 11.3 Å². The Bertz CT molecular complexity index is 349. The van der Waals surface area contributed by atoms with Crippen LogP contribution in [0.3, 0.4) is 0 Å². The zero-order valence-corrected chi connectivity index (χ0v) is 9.21. The maximum Gasteiger partial charge on any atom is 0.348 e. The minimum Gasteiger partial charge on any atom is -0.465 e. The van der Waals surface area contributed by atoms with E-state index in [4.69, 9.17) is 11.1 Å². The first-order valence-corrected chi connectivity index (χ1v) is 5.63. The van der Waals surface area contributed by atoms with Gasteiger partial charge in [-0.1, -0.05) is 11.8 Å². The largest absolute Gasteiger partial charge is 0.465 e. The molecule has 1 rings (SSSR count). The number of methoxy groups -OCH3 is 1. The van der Waals surface area contributed by atoms with Crippen molar-refractivity contribution in [3.8, 4) is 0 Å². The van der Waals surface area contributed by atoms with Gasteiger partial charge in [-0.05, 0) is 17.0 Å². The Morgan fingerprint density at radius 3 is 3.07 bits per heavy atom.